The van der Waals surface area contributed by atoms with Crippen LogP contribution in [0, 0.1) is 5.41 Å². The zero-order chi connectivity index (χ0) is 17.9. The van der Waals surface area contributed by atoms with Gasteiger partial charge in [-0.25, -0.2) is 9.59 Å². The lowest BCUT2D eigenvalue weighted by Gasteiger charge is -2.33. The molecule has 2 aliphatic heterocycles. The molecule has 2 saturated heterocycles. The monoisotopic (exact) mass is 347 g/mol. The number of likely N-dealkylation sites (tertiary alicyclic amines) is 1. The van der Waals surface area contributed by atoms with E-state index in [1.54, 1.807) is 0 Å². The third kappa shape index (κ3) is 3.35. The Hall–Kier alpha value is -2.08. The minimum Gasteiger partial charge on any atom is -0.479 e. The number of benzene rings is 1. The average molecular weight is 347 g/mol. The van der Waals surface area contributed by atoms with Gasteiger partial charge in [0.1, 0.15) is 12.1 Å². The van der Waals surface area contributed by atoms with Crippen molar-refractivity contribution in [2.75, 3.05) is 19.8 Å². The van der Waals surface area contributed by atoms with Gasteiger partial charge in [0.15, 0.2) is 0 Å². The molecular formula is C19H25NO5. The van der Waals surface area contributed by atoms with E-state index in [1.165, 1.54) is 4.90 Å². The summed E-state index contributed by atoms with van der Waals surface area (Å²) >= 11 is 0. The molecule has 2 heterocycles. The van der Waals surface area contributed by atoms with Crippen molar-refractivity contribution in [3.8, 4) is 0 Å². The Labute approximate surface area is 147 Å². The van der Waals surface area contributed by atoms with Gasteiger partial charge < -0.3 is 14.6 Å². The summed E-state index contributed by atoms with van der Waals surface area (Å²) in [5.41, 5.74) is -0.489. The average Bonchev–Trinajstić information content (AvgIpc) is 2.96. The number of carbonyl (C=O) groups excluding carboxylic acids is 1. The first-order chi connectivity index (χ1) is 12.0. The molecule has 0 aromatic heterocycles. The summed E-state index contributed by atoms with van der Waals surface area (Å²) in [4.78, 5) is 26.3. The molecule has 2 aliphatic rings. The van der Waals surface area contributed by atoms with E-state index in [2.05, 4.69) is 0 Å². The molecule has 0 unspecified atom stereocenters. The number of carboxylic acids is 1. The van der Waals surface area contributed by atoms with E-state index in [9.17, 15) is 14.7 Å². The number of carboxylic acid groups (broad SMARTS) is 1. The minimum atomic E-state index is -1.19. The Morgan fingerprint density at radius 1 is 1.24 bits per heavy atom. The van der Waals surface area contributed by atoms with Crippen molar-refractivity contribution in [2.45, 2.75) is 44.8 Å². The van der Waals surface area contributed by atoms with Crippen LogP contribution in [0.5, 0.6) is 0 Å². The summed E-state index contributed by atoms with van der Waals surface area (Å²) in [6.07, 6.45) is 1.85. The molecule has 1 aromatic carbocycles. The van der Waals surface area contributed by atoms with Crippen LogP contribution < -0.4 is 0 Å². The first kappa shape index (κ1) is 17.7. The summed E-state index contributed by atoms with van der Waals surface area (Å²) in [6, 6.07) is 9.41. The highest BCUT2D eigenvalue weighted by atomic mass is 16.6. The second-order valence-corrected chi connectivity index (χ2v) is 7.11. The number of hydrogen-bond acceptors (Lipinski definition) is 4. The number of rotatable bonds is 4. The summed E-state index contributed by atoms with van der Waals surface area (Å²) in [5, 5.41) is 9.90. The Balaban J connectivity index is 1.78. The third-order valence-electron chi connectivity index (χ3n) is 5.64. The van der Waals surface area contributed by atoms with Gasteiger partial charge in [0, 0.05) is 19.8 Å². The molecule has 6 nitrogen and oxygen atoms in total. The topological polar surface area (TPSA) is 76.1 Å². The first-order valence-corrected chi connectivity index (χ1v) is 8.81. The standard InChI is InChI=1S/C19H25NO5/c1-2-19(16(21)22)13-18(8-10-24-11-9-18)14-20(19)17(23)25-12-15-6-4-3-5-7-15/h3-7H,2,8-14H2,1H3,(H,21,22)/t19-/m0/s1. The summed E-state index contributed by atoms with van der Waals surface area (Å²) in [6.45, 7) is 3.62. The second kappa shape index (κ2) is 7.04. The predicted octanol–water partition coefficient (Wildman–Crippen LogP) is 3.06. The van der Waals surface area contributed by atoms with Crippen LogP contribution in [0.3, 0.4) is 0 Å². The fraction of sp³-hybridized carbons (Fsp3) is 0.579. The van der Waals surface area contributed by atoms with Crippen molar-refractivity contribution in [3.63, 3.8) is 0 Å². The number of carbonyl (C=O) groups is 2. The number of hydrogen-bond donors (Lipinski definition) is 1. The van der Waals surface area contributed by atoms with Gasteiger partial charge in [-0.05, 0) is 36.7 Å². The molecule has 2 fully saturated rings. The molecular weight excluding hydrogens is 322 g/mol. The first-order valence-electron chi connectivity index (χ1n) is 8.81. The number of aliphatic carboxylic acids is 1. The van der Waals surface area contributed by atoms with Crippen molar-refractivity contribution in [1.29, 1.82) is 0 Å². The van der Waals surface area contributed by atoms with E-state index in [-0.39, 0.29) is 12.0 Å². The van der Waals surface area contributed by atoms with E-state index >= 15 is 0 Å². The molecule has 6 heteroatoms. The molecule has 1 atom stereocenters. The molecule has 1 aromatic rings. The van der Waals surface area contributed by atoms with Crippen molar-refractivity contribution in [3.05, 3.63) is 35.9 Å². The lowest BCUT2D eigenvalue weighted by atomic mass is 9.74. The maximum atomic E-state index is 12.7. The molecule has 0 saturated carbocycles. The molecule has 1 N–H and O–H groups in total. The molecule has 1 spiro atoms. The van der Waals surface area contributed by atoms with Crippen LogP contribution in [0.4, 0.5) is 4.79 Å². The fourth-order valence-electron chi connectivity index (χ4n) is 4.09. The summed E-state index contributed by atoms with van der Waals surface area (Å²) < 4.78 is 10.9. The van der Waals surface area contributed by atoms with Crippen LogP contribution in [0.2, 0.25) is 0 Å². The molecule has 3 rings (SSSR count). The SMILES string of the molecule is CC[C@@]1(C(=O)O)CC2(CCOCC2)CN1C(=O)OCc1ccccc1. The van der Waals surface area contributed by atoms with Gasteiger partial charge in [-0.1, -0.05) is 37.3 Å². The van der Waals surface area contributed by atoms with E-state index in [4.69, 9.17) is 9.47 Å². The quantitative estimate of drug-likeness (QED) is 0.906. The highest BCUT2D eigenvalue weighted by molar-refractivity contribution is 5.85. The lowest BCUT2D eigenvalue weighted by Crippen LogP contribution is -2.52. The molecule has 0 radical (unpaired) electrons. The lowest BCUT2D eigenvalue weighted by molar-refractivity contribution is -0.149. The number of amides is 1. The van der Waals surface area contributed by atoms with Crippen molar-refractivity contribution < 1.29 is 24.2 Å². The summed E-state index contributed by atoms with van der Waals surface area (Å²) in [7, 11) is 0. The molecule has 1 amide bonds. The highest BCUT2D eigenvalue weighted by Crippen LogP contribution is 2.49. The normalized spacial score (nSPS) is 25.1. The number of ether oxygens (including phenoxy) is 2. The molecule has 25 heavy (non-hydrogen) atoms. The van der Waals surface area contributed by atoms with E-state index in [0.29, 0.717) is 32.6 Å². The Bertz CT molecular complexity index is 626. The zero-order valence-corrected chi connectivity index (χ0v) is 14.6. The van der Waals surface area contributed by atoms with Crippen molar-refractivity contribution >= 4 is 12.1 Å². The second-order valence-electron chi connectivity index (χ2n) is 7.11. The van der Waals surface area contributed by atoms with Gasteiger partial charge in [-0.15, -0.1) is 0 Å². The third-order valence-corrected chi connectivity index (χ3v) is 5.64. The van der Waals surface area contributed by atoms with Crippen molar-refractivity contribution in [2.24, 2.45) is 5.41 Å². The van der Waals surface area contributed by atoms with Gasteiger partial charge in [0.2, 0.25) is 0 Å². The maximum absolute atomic E-state index is 12.7. The highest BCUT2D eigenvalue weighted by Gasteiger charge is 2.59. The number of nitrogens with zero attached hydrogens (tertiary/aromatic N) is 1. The summed E-state index contributed by atoms with van der Waals surface area (Å²) in [5.74, 6) is -0.949. The Morgan fingerprint density at radius 2 is 1.92 bits per heavy atom. The van der Waals surface area contributed by atoms with E-state index in [0.717, 1.165) is 18.4 Å². The Kier molecular flexibility index (Phi) is 4.99. The van der Waals surface area contributed by atoms with Crippen LogP contribution in [0.25, 0.3) is 0 Å². The predicted molar refractivity (Wildman–Crippen MR) is 91.1 cm³/mol. The van der Waals surface area contributed by atoms with Gasteiger partial charge in [-0.3, -0.25) is 4.90 Å². The fourth-order valence-corrected chi connectivity index (χ4v) is 4.09. The molecule has 136 valence electrons. The van der Waals surface area contributed by atoms with Crippen LogP contribution in [0.15, 0.2) is 30.3 Å². The maximum Gasteiger partial charge on any atom is 0.411 e. The van der Waals surface area contributed by atoms with Gasteiger partial charge in [0.25, 0.3) is 0 Å². The van der Waals surface area contributed by atoms with E-state index < -0.39 is 17.6 Å². The van der Waals surface area contributed by atoms with Crippen molar-refractivity contribution in [1.82, 2.24) is 4.90 Å². The Morgan fingerprint density at radius 3 is 2.52 bits per heavy atom. The largest absolute Gasteiger partial charge is 0.479 e. The smallest absolute Gasteiger partial charge is 0.411 e. The molecule has 0 aliphatic carbocycles. The van der Waals surface area contributed by atoms with Gasteiger partial charge in [-0.2, -0.15) is 0 Å². The van der Waals surface area contributed by atoms with Gasteiger partial charge >= 0.3 is 12.1 Å². The van der Waals surface area contributed by atoms with Crippen LogP contribution in [-0.2, 0) is 20.9 Å². The van der Waals surface area contributed by atoms with Crippen LogP contribution >= 0.6 is 0 Å². The van der Waals surface area contributed by atoms with Gasteiger partial charge in [0.05, 0.1) is 0 Å². The van der Waals surface area contributed by atoms with Crippen LogP contribution in [0.1, 0.15) is 38.2 Å². The van der Waals surface area contributed by atoms with E-state index in [1.807, 2.05) is 37.3 Å². The van der Waals surface area contributed by atoms with Crippen LogP contribution in [-0.4, -0.2) is 47.4 Å². The minimum absolute atomic E-state index is 0.145. The molecule has 0 bridgehead atoms. The zero-order valence-electron chi connectivity index (χ0n) is 14.6.